The predicted octanol–water partition coefficient (Wildman–Crippen LogP) is 1.22. The monoisotopic (exact) mass is 330 g/mol. The number of nitrogens with zero attached hydrogens (tertiary/aromatic N) is 1. The fourth-order valence-corrected chi connectivity index (χ4v) is 5.39. The number of carbonyl (C=O) groups excluding carboxylic acids is 1. The standard InChI is InChI=1S/C19H26N2O3/c1-13(22)21-10-7-18-5-8-20-9-6-19(18,23)17(21)11-14-3-4-15(24-2)12-16(14)18/h3-4,12,17,20,23H,5-11H2,1-2H3. The van der Waals surface area contributed by atoms with Crippen LogP contribution in [-0.2, 0) is 16.6 Å². The lowest BCUT2D eigenvalue weighted by Gasteiger charge is -2.61. The van der Waals surface area contributed by atoms with Crippen LogP contribution in [0.4, 0.5) is 0 Å². The Balaban J connectivity index is 1.93. The summed E-state index contributed by atoms with van der Waals surface area (Å²) >= 11 is 0. The van der Waals surface area contributed by atoms with Crippen LogP contribution in [0.1, 0.15) is 37.3 Å². The minimum atomic E-state index is -0.875. The minimum absolute atomic E-state index is 0.0659. The largest absolute Gasteiger partial charge is 0.497 e. The summed E-state index contributed by atoms with van der Waals surface area (Å²) in [6.07, 6.45) is 3.10. The van der Waals surface area contributed by atoms with Crippen LogP contribution in [0.25, 0.3) is 0 Å². The molecule has 3 atom stereocenters. The number of amides is 1. The molecule has 0 radical (unpaired) electrons. The van der Waals surface area contributed by atoms with Gasteiger partial charge in [-0.2, -0.15) is 0 Å². The van der Waals surface area contributed by atoms with Gasteiger partial charge in [0.15, 0.2) is 0 Å². The van der Waals surface area contributed by atoms with Crippen molar-refractivity contribution in [2.24, 2.45) is 0 Å². The van der Waals surface area contributed by atoms with E-state index in [-0.39, 0.29) is 17.4 Å². The third kappa shape index (κ3) is 1.97. The van der Waals surface area contributed by atoms with E-state index < -0.39 is 5.60 Å². The van der Waals surface area contributed by atoms with Crippen LogP contribution in [0.15, 0.2) is 18.2 Å². The van der Waals surface area contributed by atoms with Gasteiger partial charge >= 0.3 is 0 Å². The molecule has 0 saturated carbocycles. The number of ether oxygens (including phenoxy) is 1. The van der Waals surface area contributed by atoms with Crippen molar-refractivity contribution in [2.75, 3.05) is 26.7 Å². The van der Waals surface area contributed by atoms with Gasteiger partial charge in [-0.15, -0.1) is 0 Å². The summed E-state index contributed by atoms with van der Waals surface area (Å²) in [5.41, 5.74) is 1.31. The lowest BCUT2D eigenvalue weighted by Crippen LogP contribution is -2.72. The smallest absolute Gasteiger partial charge is 0.219 e. The average Bonchev–Trinajstić information content (AvgIpc) is 2.74. The van der Waals surface area contributed by atoms with E-state index in [1.165, 1.54) is 11.1 Å². The van der Waals surface area contributed by atoms with Gasteiger partial charge in [0.25, 0.3) is 0 Å². The number of nitrogens with one attached hydrogen (secondary N) is 1. The maximum Gasteiger partial charge on any atom is 0.219 e. The Bertz CT molecular complexity index is 677. The Morgan fingerprint density at radius 2 is 2.12 bits per heavy atom. The molecule has 0 aromatic heterocycles. The second-order valence-corrected chi connectivity index (χ2v) is 7.46. The van der Waals surface area contributed by atoms with E-state index >= 15 is 0 Å². The van der Waals surface area contributed by atoms with Gasteiger partial charge in [-0.05, 0) is 62.0 Å². The normalized spacial score (nSPS) is 34.8. The van der Waals surface area contributed by atoms with Gasteiger partial charge in [-0.1, -0.05) is 6.07 Å². The highest BCUT2D eigenvalue weighted by atomic mass is 16.5. The number of hydrogen-bond donors (Lipinski definition) is 2. The first-order chi connectivity index (χ1) is 11.5. The van der Waals surface area contributed by atoms with Crippen LogP contribution >= 0.6 is 0 Å². The van der Waals surface area contributed by atoms with E-state index in [9.17, 15) is 9.90 Å². The number of methoxy groups -OCH3 is 1. The van der Waals surface area contributed by atoms with E-state index in [2.05, 4.69) is 17.4 Å². The average molecular weight is 330 g/mol. The highest BCUT2D eigenvalue weighted by Gasteiger charge is 2.63. The Hall–Kier alpha value is -1.59. The molecule has 0 spiro atoms. The molecule has 2 fully saturated rings. The zero-order valence-corrected chi connectivity index (χ0v) is 14.5. The van der Waals surface area contributed by atoms with Gasteiger partial charge in [0.1, 0.15) is 5.75 Å². The molecule has 2 saturated heterocycles. The number of piperidine rings is 1. The van der Waals surface area contributed by atoms with Crippen molar-refractivity contribution >= 4 is 5.91 Å². The molecule has 3 unspecified atom stereocenters. The SMILES string of the molecule is COc1ccc2c(c1)C13CCNCCC1(O)C(C2)N(C(C)=O)CC3. The molecule has 2 bridgehead atoms. The molecular formula is C19H26N2O3. The molecule has 3 aliphatic rings. The van der Waals surface area contributed by atoms with E-state index in [4.69, 9.17) is 4.74 Å². The predicted molar refractivity (Wildman–Crippen MR) is 91.2 cm³/mol. The first kappa shape index (κ1) is 15.9. The van der Waals surface area contributed by atoms with Gasteiger partial charge in [-0.3, -0.25) is 4.79 Å². The summed E-state index contributed by atoms with van der Waals surface area (Å²) in [7, 11) is 1.68. The topological polar surface area (TPSA) is 61.8 Å². The first-order valence-corrected chi connectivity index (χ1v) is 8.89. The summed E-state index contributed by atoms with van der Waals surface area (Å²) in [5, 5.41) is 15.3. The van der Waals surface area contributed by atoms with E-state index in [1.54, 1.807) is 14.0 Å². The van der Waals surface area contributed by atoms with Gasteiger partial charge in [0.2, 0.25) is 5.91 Å². The second kappa shape index (κ2) is 5.46. The maximum atomic E-state index is 12.2. The molecule has 130 valence electrons. The van der Waals surface area contributed by atoms with Crippen LogP contribution < -0.4 is 10.1 Å². The lowest BCUT2D eigenvalue weighted by atomic mass is 9.52. The van der Waals surface area contributed by atoms with Gasteiger partial charge < -0.3 is 20.1 Å². The van der Waals surface area contributed by atoms with Crippen LogP contribution in [0.2, 0.25) is 0 Å². The van der Waals surface area contributed by atoms with Crippen molar-refractivity contribution in [1.82, 2.24) is 10.2 Å². The van der Waals surface area contributed by atoms with Crippen molar-refractivity contribution in [3.63, 3.8) is 0 Å². The number of hydrogen-bond acceptors (Lipinski definition) is 4. The molecule has 2 heterocycles. The number of rotatable bonds is 1. The minimum Gasteiger partial charge on any atom is -0.497 e. The molecule has 1 aromatic rings. The number of likely N-dealkylation sites (tertiary alicyclic amines) is 1. The molecule has 24 heavy (non-hydrogen) atoms. The third-order valence-corrected chi connectivity index (χ3v) is 6.60. The summed E-state index contributed by atoms with van der Waals surface area (Å²) in [6.45, 7) is 4.03. The Morgan fingerprint density at radius 1 is 1.33 bits per heavy atom. The maximum absolute atomic E-state index is 12.2. The molecule has 5 heteroatoms. The highest BCUT2D eigenvalue weighted by Crippen LogP contribution is 2.55. The highest BCUT2D eigenvalue weighted by molar-refractivity contribution is 5.74. The molecule has 2 N–H and O–H groups in total. The number of fused-ring (bicyclic) bond motifs is 1. The summed E-state index contributed by atoms with van der Waals surface area (Å²) in [4.78, 5) is 14.1. The van der Waals surface area contributed by atoms with Gasteiger partial charge in [-0.25, -0.2) is 0 Å². The van der Waals surface area contributed by atoms with Crippen molar-refractivity contribution < 1.29 is 14.6 Å². The van der Waals surface area contributed by atoms with Crippen molar-refractivity contribution in [2.45, 2.75) is 49.7 Å². The Labute approximate surface area is 143 Å². The molecule has 1 aliphatic carbocycles. The summed E-state index contributed by atoms with van der Waals surface area (Å²) < 4.78 is 5.46. The van der Waals surface area contributed by atoms with Crippen LogP contribution in [-0.4, -0.2) is 54.3 Å². The van der Waals surface area contributed by atoms with Crippen molar-refractivity contribution in [3.05, 3.63) is 29.3 Å². The molecular weight excluding hydrogens is 304 g/mol. The second-order valence-electron chi connectivity index (χ2n) is 7.46. The first-order valence-electron chi connectivity index (χ1n) is 8.89. The van der Waals surface area contributed by atoms with Crippen molar-refractivity contribution in [3.8, 4) is 5.75 Å². The van der Waals surface area contributed by atoms with Crippen LogP contribution in [0.3, 0.4) is 0 Å². The van der Waals surface area contributed by atoms with Crippen LogP contribution in [0, 0.1) is 0 Å². The quantitative estimate of drug-likeness (QED) is 0.813. The van der Waals surface area contributed by atoms with Gasteiger partial charge in [0.05, 0.1) is 18.8 Å². The fourth-order valence-electron chi connectivity index (χ4n) is 5.39. The summed E-state index contributed by atoms with van der Waals surface area (Å²) in [5.74, 6) is 0.909. The number of benzene rings is 1. The molecule has 2 aliphatic heterocycles. The molecule has 1 amide bonds. The Morgan fingerprint density at radius 3 is 2.88 bits per heavy atom. The van der Waals surface area contributed by atoms with E-state index in [1.807, 2.05) is 11.0 Å². The molecule has 4 rings (SSSR count). The molecule has 1 aromatic carbocycles. The van der Waals surface area contributed by atoms with E-state index in [0.717, 1.165) is 44.6 Å². The Kier molecular flexibility index (Phi) is 3.62. The van der Waals surface area contributed by atoms with Gasteiger partial charge in [0, 0.05) is 18.9 Å². The zero-order valence-electron chi connectivity index (χ0n) is 14.5. The molecule has 5 nitrogen and oxygen atoms in total. The number of aliphatic hydroxyl groups is 1. The fraction of sp³-hybridized carbons (Fsp3) is 0.632. The summed E-state index contributed by atoms with van der Waals surface area (Å²) in [6, 6.07) is 6.09. The van der Waals surface area contributed by atoms with E-state index in [0.29, 0.717) is 6.42 Å². The lowest BCUT2D eigenvalue weighted by molar-refractivity contribution is -0.166. The zero-order chi connectivity index (χ0) is 16.9. The van der Waals surface area contributed by atoms with Crippen LogP contribution in [0.5, 0.6) is 5.75 Å². The number of carbonyl (C=O) groups is 1. The third-order valence-electron chi connectivity index (χ3n) is 6.60. The van der Waals surface area contributed by atoms with Crippen molar-refractivity contribution in [1.29, 1.82) is 0 Å².